The van der Waals surface area contributed by atoms with E-state index in [0.717, 1.165) is 5.25 Å². The van der Waals surface area contributed by atoms with Gasteiger partial charge >= 0.3 is 0 Å². The SMILES string of the molecule is CCCCCCCCCCCCCCCCCCCCCCCCCCCC(CCCCCCCCCCCCCCCCCCCCCCCCCCCCSCCCCCCCCCCCCCCCCC)SCCCCCCCCCCCCCCCCCC. The molecule has 0 aromatic carbocycles. The van der Waals surface area contributed by atoms with Gasteiger partial charge < -0.3 is 0 Å². The Morgan fingerprint density at radius 3 is 0.398 bits per heavy atom. The van der Waals surface area contributed by atoms with Gasteiger partial charge in [0.05, 0.1) is 0 Å². The summed E-state index contributed by atoms with van der Waals surface area (Å²) < 4.78 is 0. The molecule has 0 N–H and O–H groups in total. The van der Waals surface area contributed by atoms with Crippen molar-refractivity contribution < 1.29 is 0 Å². The molecule has 0 aromatic heterocycles. The van der Waals surface area contributed by atoms with E-state index < -0.39 is 0 Å². The summed E-state index contributed by atoms with van der Waals surface area (Å²) in [4.78, 5) is 0. The predicted molar refractivity (Wildman–Crippen MR) is 438 cm³/mol. The van der Waals surface area contributed by atoms with Crippen molar-refractivity contribution in [3.8, 4) is 0 Å². The summed E-state index contributed by atoms with van der Waals surface area (Å²) in [6, 6.07) is 0. The van der Waals surface area contributed by atoms with Crippen LogP contribution in [0.5, 0.6) is 0 Å². The fourth-order valence-electron chi connectivity index (χ4n) is 15.2. The summed E-state index contributed by atoms with van der Waals surface area (Å²) in [5, 5.41) is 0.943. The Morgan fingerprint density at radius 2 is 0.247 bits per heavy atom. The molecule has 0 fully saturated rings. The lowest BCUT2D eigenvalue weighted by Gasteiger charge is -2.17. The van der Waals surface area contributed by atoms with E-state index in [4.69, 9.17) is 0 Å². The fourth-order valence-corrected chi connectivity index (χ4v) is 17.6. The number of unbranched alkanes of at least 4 members (excludes halogenated alkanes) is 78. The van der Waals surface area contributed by atoms with Gasteiger partial charge in [-0.2, -0.15) is 23.5 Å². The molecule has 93 heavy (non-hydrogen) atoms. The minimum Gasteiger partial charge on any atom is -0.162 e. The van der Waals surface area contributed by atoms with Gasteiger partial charge in [0.1, 0.15) is 0 Å². The van der Waals surface area contributed by atoms with Crippen LogP contribution in [0.4, 0.5) is 0 Å². The third-order valence-corrected chi connectivity index (χ3v) is 24.6. The number of hydrogen-bond donors (Lipinski definition) is 0. The Bertz CT molecular complexity index is 1210. The summed E-state index contributed by atoms with van der Waals surface area (Å²) in [5.74, 6) is 4.26. The quantitative estimate of drug-likeness (QED) is 0.0557. The van der Waals surface area contributed by atoms with Crippen molar-refractivity contribution >= 4 is 23.5 Å². The highest BCUT2D eigenvalue weighted by Crippen LogP contribution is 2.28. The first-order valence-electron chi connectivity index (χ1n) is 45.5. The molecule has 0 saturated carbocycles. The van der Waals surface area contributed by atoms with Crippen molar-refractivity contribution in [2.24, 2.45) is 0 Å². The van der Waals surface area contributed by atoms with E-state index >= 15 is 0 Å². The third kappa shape index (κ3) is 88.7. The lowest BCUT2D eigenvalue weighted by atomic mass is 10.0. The zero-order valence-electron chi connectivity index (χ0n) is 65.9. The normalized spacial score (nSPS) is 12.2. The molecule has 1 unspecified atom stereocenters. The molecule has 0 aliphatic heterocycles. The monoisotopic (exact) mass is 1340 g/mol. The smallest absolute Gasteiger partial charge is 0.00470 e. The first-order valence-corrected chi connectivity index (χ1v) is 47.7. The van der Waals surface area contributed by atoms with Crippen molar-refractivity contribution in [1.82, 2.24) is 0 Å². The van der Waals surface area contributed by atoms with E-state index in [2.05, 4.69) is 44.3 Å². The summed E-state index contributed by atoms with van der Waals surface area (Å²) in [6.07, 6.45) is 125. The molecule has 0 aromatic rings. The molecule has 0 spiro atoms. The van der Waals surface area contributed by atoms with Crippen LogP contribution in [-0.2, 0) is 0 Å². The molecule has 0 saturated heterocycles. The second kappa shape index (κ2) is 90.7. The summed E-state index contributed by atoms with van der Waals surface area (Å²) in [6.45, 7) is 6.97. The average Bonchev–Trinajstić information content (AvgIpc) is 3.64. The molecule has 0 radical (unpaired) electrons. The van der Waals surface area contributed by atoms with Gasteiger partial charge in [-0.1, -0.05) is 528 Å². The van der Waals surface area contributed by atoms with Crippen molar-refractivity contribution in [3.05, 3.63) is 0 Å². The zero-order valence-corrected chi connectivity index (χ0v) is 67.5. The van der Waals surface area contributed by atoms with Crippen LogP contribution in [0.1, 0.15) is 560 Å². The lowest BCUT2D eigenvalue weighted by molar-refractivity contribution is 0.509. The van der Waals surface area contributed by atoms with Crippen molar-refractivity contribution in [2.75, 3.05) is 17.3 Å². The van der Waals surface area contributed by atoms with Gasteiger partial charge in [-0.15, -0.1) is 0 Å². The highest BCUT2D eigenvalue weighted by Gasteiger charge is 2.10. The van der Waals surface area contributed by atoms with E-state index in [0.29, 0.717) is 0 Å². The molecular weight excluding hydrogens is 1160 g/mol. The highest BCUT2D eigenvalue weighted by molar-refractivity contribution is 7.99. The minimum atomic E-state index is 0.943. The summed E-state index contributed by atoms with van der Waals surface area (Å²) in [5.41, 5.74) is 0. The van der Waals surface area contributed by atoms with Crippen LogP contribution in [0.2, 0.25) is 0 Å². The van der Waals surface area contributed by atoms with Crippen LogP contribution in [0.3, 0.4) is 0 Å². The van der Waals surface area contributed by atoms with Crippen LogP contribution >= 0.6 is 23.5 Å². The zero-order chi connectivity index (χ0) is 66.5. The van der Waals surface area contributed by atoms with E-state index in [9.17, 15) is 0 Å². The van der Waals surface area contributed by atoms with Crippen LogP contribution in [0.15, 0.2) is 0 Å². The van der Waals surface area contributed by atoms with E-state index in [1.165, 1.54) is 557 Å². The Morgan fingerprint density at radius 1 is 0.129 bits per heavy atom. The minimum absolute atomic E-state index is 0.943. The first-order chi connectivity index (χ1) is 46.3. The largest absolute Gasteiger partial charge is 0.162 e. The van der Waals surface area contributed by atoms with Crippen LogP contribution in [0.25, 0.3) is 0 Å². The molecule has 0 aliphatic carbocycles. The molecule has 0 bridgehead atoms. The molecule has 560 valence electrons. The van der Waals surface area contributed by atoms with Crippen molar-refractivity contribution in [3.63, 3.8) is 0 Å². The van der Waals surface area contributed by atoms with Crippen molar-refractivity contribution in [1.29, 1.82) is 0 Å². The van der Waals surface area contributed by atoms with Gasteiger partial charge in [0, 0.05) is 5.25 Å². The van der Waals surface area contributed by atoms with E-state index in [1.54, 1.807) is 0 Å². The second-order valence-corrected chi connectivity index (χ2v) is 34.2. The maximum atomic E-state index is 2.40. The maximum Gasteiger partial charge on any atom is 0.00470 e. The fraction of sp³-hybridized carbons (Fsp3) is 1.00. The maximum absolute atomic E-state index is 2.40. The Hall–Kier alpha value is 0.700. The Balaban J connectivity index is 3.79. The van der Waals surface area contributed by atoms with Gasteiger partial charge in [0.15, 0.2) is 0 Å². The standard InChI is InChI=1S/C91H184S2/c1-4-7-10-13-16-19-22-25-28-30-31-32-33-36-39-42-45-48-51-56-61-66-71-76-81-86-91(93-90-85-80-75-70-65-60-55-29-26-23-20-17-14-11-8-5-2)87-82-77-72-67-62-57-52-49-46-43-40-37-34-35-38-41-44-47-50-54-59-64-69-74-79-84-89-92-88-83-78-73-68-63-58-53-27-24-21-18-15-12-9-6-3/h91H,4-90H2,1-3H3. The molecule has 0 heterocycles. The number of rotatable bonds is 89. The van der Waals surface area contributed by atoms with Gasteiger partial charge in [-0.05, 0) is 49.4 Å². The van der Waals surface area contributed by atoms with Gasteiger partial charge in [-0.25, -0.2) is 0 Å². The molecular formula is C91H184S2. The lowest BCUT2D eigenvalue weighted by Crippen LogP contribution is -2.04. The number of thioether (sulfide) groups is 2. The van der Waals surface area contributed by atoms with Gasteiger partial charge in [0.25, 0.3) is 0 Å². The van der Waals surface area contributed by atoms with Gasteiger partial charge in [0.2, 0.25) is 0 Å². The van der Waals surface area contributed by atoms with Crippen molar-refractivity contribution in [2.45, 2.75) is 565 Å². The highest BCUT2D eigenvalue weighted by atomic mass is 32.2. The molecule has 0 rings (SSSR count). The van der Waals surface area contributed by atoms with E-state index in [1.807, 2.05) is 0 Å². The number of hydrogen-bond acceptors (Lipinski definition) is 2. The topological polar surface area (TPSA) is 0 Å². The summed E-state index contributed by atoms with van der Waals surface area (Å²) in [7, 11) is 0. The average molecular weight is 1340 g/mol. The molecule has 1 atom stereocenters. The van der Waals surface area contributed by atoms with E-state index in [-0.39, 0.29) is 0 Å². The summed E-state index contributed by atoms with van der Waals surface area (Å²) >= 11 is 4.64. The molecule has 0 nitrogen and oxygen atoms in total. The Labute approximate surface area is 602 Å². The van der Waals surface area contributed by atoms with Crippen LogP contribution < -0.4 is 0 Å². The third-order valence-electron chi connectivity index (χ3n) is 21.9. The molecule has 0 aliphatic rings. The molecule has 0 amide bonds. The molecule has 2 heteroatoms. The van der Waals surface area contributed by atoms with Crippen LogP contribution in [0, 0.1) is 0 Å². The predicted octanol–water partition coefficient (Wildman–Crippen LogP) is 35.6. The second-order valence-electron chi connectivity index (χ2n) is 31.6. The van der Waals surface area contributed by atoms with Crippen LogP contribution in [-0.4, -0.2) is 22.5 Å². The first kappa shape index (κ1) is 93.7. The Kier molecular flexibility index (Phi) is 91.4. The van der Waals surface area contributed by atoms with Gasteiger partial charge in [-0.3, -0.25) is 0 Å².